The van der Waals surface area contributed by atoms with E-state index in [1.165, 1.54) is 6.07 Å². The Morgan fingerprint density at radius 1 is 1.33 bits per heavy atom. The van der Waals surface area contributed by atoms with Crippen LogP contribution in [0.15, 0.2) is 18.2 Å². The molecule has 0 spiro atoms. The maximum Gasteiger partial charge on any atom is 0.133 e. The predicted molar refractivity (Wildman–Crippen MR) is 75.0 cm³/mol. The molecule has 1 N–H and O–H groups in total. The molecule has 0 aliphatic heterocycles. The van der Waals surface area contributed by atoms with Gasteiger partial charge in [-0.2, -0.15) is 5.26 Å². The third kappa shape index (κ3) is 2.47. The summed E-state index contributed by atoms with van der Waals surface area (Å²) >= 11 is 6.65. The summed E-state index contributed by atoms with van der Waals surface area (Å²) in [5, 5.41) is 19.0. The van der Waals surface area contributed by atoms with Crippen LogP contribution in [0.2, 0.25) is 0 Å². The van der Waals surface area contributed by atoms with Gasteiger partial charge in [0, 0.05) is 5.41 Å². The van der Waals surface area contributed by atoms with E-state index in [9.17, 15) is 10.4 Å². The van der Waals surface area contributed by atoms with Gasteiger partial charge in [0.15, 0.2) is 0 Å². The first-order valence-corrected chi connectivity index (χ1v) is 6.57. The molecule has 0 radical (unpaired) electrons. The average Bonchev–Trinajstić information content (AvgIpc) is 2.28. The lowest BCUT2D eigenvalue weighted by molar-refractivity contribution is 0.351. The van der Waals surface area contributed by atoms with Gasteiger partial charge in [-0.05, 0) is 25.0 Å². The zero-order chi connectivity index (χ0) is 14.0. The fraction of sp³-hybridized carbons (Fsp3) is 0.533. The summed E-state index contributed by atoms with van der Waals surface area (Å²) < 4.78 is 0. The van der Waals surface area contributed by atoms with E-state index in [-0.39, 0.29) is 5.75 Å². The number of phenolic OH excluding ortho intramolecular Hbond substituents is 1. The summed E-state index contributed by atoms with van der Waals surface area (Å²) in [5.41, 5.74) is 0.732. The lowest BCUT2D eigenvalue weighted by atomic mass is 9.70. The second-order valence-corrected chi connectivity index (χ2v) is 6.22. The van der Waals surface area contributed by atoms with Crippen LogP contribution in [0.4, 0.5) is 0 Å². The van der Waals surface area contributed by atoms with E-state index in [1.807, 2.05) is 26.8 Å². The molecule has 0 bridgehead atoms. The molecule has 2 nitrogen and oxygen atoms in total. The molecule has 0 aliphatic rings. The first kappa shape index (κ1) is 14.9. The van der Waals surface area contributed by atoms with Gasteiger partial charge in [0.25, 0.3) is 0 Å². The lowest BCUT2D eigenvalue weighted by Crippen LogP contribution is -2.41. The summed E-state index contributed by atoms with van der Waals surface area (Å²) in [6.45, 7) is 8.12. The van der Waals surface area contributed by atoms with E-state index in [4.69, 9.17) is 11.6 Å². The SMILES string of the molecule is CCCC(C)(Cl)C(C)(C)c1cccc(O)c1C#N. The number of hydrogen-bond acceptors (Lipinski definition) is 2. The molecule has 1 aromatic rings. The third-order valence-electron chi connectivity index (χ3n) is 3.85. The highest BCUT2D eigenvalue weighted by Gasteiger charge is 2.41. The molecule has 18 heavy (non-hydrogen) atoms. The van der Waals surface area contributed by atoms with E-state index < -0.39 is 10.3 Å². The van der Waals surface area contributed by atoms with Gasteiger partial charge in [0.1, 0.15) is 11.8 Å². The Bertz CT molecular complexity index is 472. The van der Waals surface area contributed by atoms with Crippen LogP contribution in [0, 0.1) is 11.3 Å². The summed E-state index contributed by atoms with van der Waals surface area (Å²) in [7, 11) is 0. The summed E-state index contributed by atoms with van der Waals surface area (Å²) in [6.07, 6.45) is 1.83. The topological polar surface area (TPSA) is 44.0 Å². The van der Waals surface area contributed by atoms with Crippen molar-refractivity contribution in [2.45, 2.75) is 50.8 Å². The highest BCUT2D eigenvalue weighted by atomic mass is 35.5. The molecule has 0 heterocycles. The van der Waals surface area contributed by atoms with E-state index >= 15 is 0 Å². The standard InChI is InChI=1S/C15H20ClNO/c1-5-9-15(4,16)14(2,3)12-7-6-8-13(18)11(12)10-17/h6-8,18H,5,9H2,1-4H3. The Kier molecular flexibility index (Phi) is 4.29. The normalized spacial score (nSPS) is 14.9. The van der Waals surface area contributed by atoms with Gasteiger partial charge in [0.2, 0.25) is 0 Å². The van der Waals surface area contributed by atoms with Crippen molar-refractivity contribution in [3.05, 3.63) is 29.3 Å². The monoisotopic (exact) mass is 265 g/mol. The largest absolute Gasteiger partial charge is 0.507 e. The maximum atomic E-state index is 9.78. The summed E-state index contributed by atoms with van der Waals surface area (Å²) in [5.74, 6) is 0.0204. The third-order valence-corrected chi connectivity index (χ3v) is 4.51. The quantitative estimate of drug-likeness (QED) is 0.823. The van der Waals surface area contributed by atoms with Crippen LogP contribution in [0.25, 0.3) is 0 Å². The van der Waals surface area contributed by atoms with Crippen molar-refractivity contribution in [2.24, 2.45) is 0 Å². The van der Waals surface area contributed by atoms with Crippen molar-refractivity contribution >= 4 is 11.6 Å². The summed E-state index contributed by atoms with van der Waals surface area (Å²) in [6, 6.07) is 7.23. The fourth-order valence-electron chi connectivity index (χ4n) is 2.24. The number of nitriles is 1. The van der Waals surface area contributed by atoms with Crippen LogP contribution in [0.1, 0.15) is 51.7 Å². The van der Waals surface area contributed by atoms with Crippen LogP contribution >= 0.6 is 11.6 Å². The Hall–Kier alpha value is -1.20. The minimum Gasteiger partial charge on any atom is -0.507 e. The average molecular weight is 266 g/mol. The van der Waals surface area contributed by atoms with Gasteiger partial charge in [-0.25, -0.2) is 0 Å². The van der Waals surface area contributed by atoms with Gasteiger partial charge in [-0.3, -0.25) is 0 Å². The van der Waals surface area contributed by atoms with Gasteiger partial charge >= 0.3 is 0 Å². The number of benzene rings is 1. The minimum absolute atomic E-state index is 0.0204. The molecule has 0 saturated heterocycles. The molecule has 98 valence electrons. The maximum absolute atomic E-state index is 9.78. The van der Waals surface area contributed by atoms with Crippen molar-refractivity contribution in [3.63, 3.8) is 0 Å². The zero-order valence-corrected chi connectivity index (χ0v) is 12.2. The molecule has 0 aliphatic carbocycles. The predicted octanol–water partition coefficient (Wildman–Crippen LogP) is 4.34. The molecule has 1 unspecified atom stereocenters. The second kappa shape index (κ2) is 5.20. The van der Waals surface area contributed by atoms with Gasteiger partial charge in [-0.15, -0.1) is 11.6 Å². The van der Waals surface area contributed by atoms with Gasteiger partial charge in [-0.1, -0.05) is 39.3 Å². The number of halogens is 1. The number of rotatable bonds is 4. The molecule has 3 heteroatoms. The fourth-order valence-corrected chi connectivity index (χ4v) is 2.53. The van der Waals surface area contributed by atoms with E-state index in [1.54, 1.807) is 6.07 Å². The number of aromatic hydroxyl groups is 1. The Morgan fingerprint density at radius 3 is 2.44 bits per heavy atom. The Morgan fingerprint density at radius 2 is 1.94 bits per heavy atom. The van der Waals surface area contributed by atoms with Crippen molar-refractivity contribution in [3.8, 4) is 11.8 Å². The Labute approximate surface area is 114 Å². The van der Waals surface area contributed by atoms with Crippen LogP contribution < -0.4 is 0 Å². The van der Waals surface area contributed by atoms with Crippen molar-refractivity contribution in [2.75, 3.05) is 0 Å². The van der Waals surface area contributed by atoms with Gasteiger partial charge < -0.3 is 5.11 Å². The zero-order valence-electron chi connectivity index (χ0n) is 11.4. The highest BCUT2D eigenvalue weighted by molar-refractivity contribution is 6.24. The molecular formula is C15H20ClNO. The molecule has 0 fully saturated rings. The van der Waals surface area contributed by atoms with E-state index in [0.29, 0.717) is 5.56 Å². The Balaban J connectivity index is 3.37. The number of phenols is 1. The first-order valence-electron chi connectivity index (χ1n) is 6.19. The van der Waals surface area contributed by atoms with Crippen molar-refractivity contribution < 1.29 is 5.11 Å². The highest BCUT2D eigenvalue weighted by Crippen LogP contribution is 2.44. The number of hydrogen-bond donors (Lipinski definition) is 1. The van der Waals surface area contributed by atoms with Crippen LogP contribution in [-0.4, -0.2) is 9.98 Å². The molecular weight excluding hydrogens is 246 g/mol. The van der Waals surface area contributed by atoms with Crippen LogP contribution in [-0.2, 0) is 5.41 Å². The second-order valence-electron chi connectivity index (χ2n) is 5.38. The molecule has 0 amide bonds. The lowest BCUT2D eigenvalue weighted by Gasteiger charge is -2.40. The van der Waals surface area contributed by atoms with Crippen LogP contribution in [0.5, 0.6) is 5.75 Å². The first-order chi connectivity index (χ1) is 8.28. The molecule has 1 rings (SSSR count). The van der Waals surface area contributed by atoms with Crippen LogP contribution in [0.3, 0.4) is 0 Å². The van der Waals surface area contributed by atoms with Gasteiger partial charge in [0.05, 0.1) is 10.4 Å². The molecule has 0 saturated carbocycles. The van der Waals surface area contributed by atoms with Crippen molar-refractivity contribution in [1.82, 2.24) is 0 Å². The van der Waals surface area contributed by atoms with Crippen molar-refractivity contribution in [1.29, 1.82) is 5.26 Å². The number of alkyl halides is 1. The number of nitrogens with zero attached hydrogens (tertiary/aromatic N) is 1. The molecule has 0 aromatic heterocycles. The smallest absolute Gasteiger partial charge is 0.133 e. The van der Waals surface area contributed by atoms with E-state index in [2.05, 4.69) is 13.0 Å². The minimum atomic E-state index is -0.457. The molecule has 1 atom stereocenters. The van der Waals surface area contributed by atoms with E-state index in [0.717, 1.165) is 18.4 Å². The summed E-state index contributed by atoms with van der Waals surface area (Å²) in [4.78, 5) is -0.457. The molecule has 1 aromatic carbocycles.